The molecule has 2 rings (SSSR count). The van der Waals surface area contributed by atoms with Crippen molar-refractivity contribution in [3.8, 4) is 11.5 Å². The van der Waals surface area contributed by atoms with Crippen LogP contribution < -0.4 is 14.8 Å². The Bertz CT molecular complexity index is 910. The van der Waals surface area contributed by atoms with Gasteiger partial charge in [-0.25, -0.2) is 12.7 Å². The number of methoxy groups -OCH3 is 1. The van der Waals surface area contributed by atoms with Gasteiger partial charge in [0.05, 0.1) is 12.0 Å². The highest BCUT2D eigenvalue weighted by Gasteiger charge is 2.20. The van der Waals surface area contributed by atoms with E-state index in [1.807, 2.05) is 19.1 Å². The van der Waals surface area contributed by atoms with Crippen LogP contribution in [0.4, 0.5) is 0 Å². The molecule has 146 valence electrons. The van der Waals surface area contributed by atoms with Crippen molar-refractivity contribution in [3.63, 3.8) is 0 Å². The van der Waals surface area contributed by atoms with E-state index in [4.69, 9.17) is 9.47 Å². The summed E-state index contributed by atoms with van der Waals surface area (Å²) in [6.07, 6.45) is 0. The van der Waals surface area contributed by atoms with Crippen LogP contribution in [-0.4, -0.2) is 46.4 Å². The second-order valence-corrected chi connectivity index (χ2v) is 8.24. The molecule has 0 spiro atoms. The number of nitrogens with one attached hydrogen (secondary N) is 1. The molecule has 0 fully saturated rings. The number of sulfonamides is 1. The van der Waals surface area contributed by atoms with Gasteiger partial charge in [0.2, 0.25) is 10.0 Å². The third-order valence-electron chi connectivity index (χ3n) is 3.89. The van der Waals surface area contributed by atoms with Crippen molar-refractivity contribution in [2.75, 3.05) is 27.8 Å². The molecule has 0 saturated carbocycles. The Balaban J connectivity index is 2.01. The van der Waals surface area contributed by atoms with E-state index in [0.29, 0.717) is 17.1 Å². The zero-order valence-corrected chi connectivity index (χ0v) is 16.7. The minimum absolute atomic E-state index is 0.0798. The molecule has 0 aromatic heterocycles. The highest BCUT2D eigenvalue weighted by molar-refractivity contribution is 7.89. The highest BCUT2D eigenvalue weighted by atomic mass is 32.2. The Hall–Kier alpha value is -2.58. The van der Waals surface area contributed by atoms with Crippen molar-refractivity contribution < 1.29 is 22.7 Å². The summed E-state index contributed by atoms with van der Waals surface area (Å²) < 4.78 is 36.6. The van der Waals surface area contributed by atoms with Crippen molar-refractivity contribution in [2.24, 2.45) is 0 Å². The fraction of sp³-hybridized carbons (Fsp3) is 0.316. The van der Waals surface area contributed by atoms with Gasteiger partial charge in [-0.05, 0) is 36.2 Å². The fourth-order valence-corrected chi connectivity index (χ4v) is 3.50. The smallest absolute Gasteiger partial charge is 0.258 e. The molecule has 0 atom stereocenters. The van der Waals surface area contributed by atoms with E-state index in [-0.39, 0.29) is 24.0 Å². The minimum Gasteiger partial charge on any atom is -0.493 e. The lowest BCUT2D eigenvalue weighted by molar-refractivity contribution is -0.123. The number of carbonyl (C=O) groups excluding carboxylic acids is 1. The first kappa shape index (κ1) is 20.7. The second kappa shape index (κ2) is 8.88. The maximum Gasteiger partial charge on any atom is 0.258 e. The predicted octanol–water partition coefficient (Wildman–Crippen LogP) is 1.95. The predicted molar refractivity (Wildman–Crippen MR) is 102 cm³/mol. The number of nitrogens with zero attached hydrogens (tertiary/aromatic N) is 1. The molecule has 0 radical (unpaired) electrons. The average Bonchev–Trinajstić information content (AvgIpc) is 2.65. The SMILES string of the molecule is COc1cc(C)ccc1OCC(=O)NCc1ccccc1S(=O)(=O)N(C)C. The highest BCUT2D eigenvalue weighted by Crippen LogP contribution is 2.27. The summed E-state index contributed by atoms with van der Waals surface area (Å²) in [5, 5.41) is 2.68. The molecule has 2 aromatic carbocycles. The molecule has 0 aliphatic carbocycles. The van der Waals surface area contributed by atoms with E-state index in [2.05, 4.69) is 5.32 Å². The Morgan fingerprint density at radius 1 is 1.11 bits per heavy atom. The first-order valence-corrected chi connectivity index (χ1v) is 9.74. The lowest BCUT2D eigenvalue weighted by Gasteiger charge is -2.15. The number of rotatable bonds is 8. The number of ether oxygens (including phenoxy) is 2. The number of carbonyl (C=O) groups is 1. The molecule has 0 aliphatic rings. The lowest BCUT2D eigenvalue weighted by atomic mass is 10.2. The van der Waals surface area contributed by atoms with Crippen LogP contribution in [0, 0.1) is 6.92 Å². The van der Waals surface area contributed by atoms with Gasteiger partial charge in [-0.2, -0.15) is 0 Å². The van der Waals surface area contributed by atoms with Crippen LogP contribution in [0.25, 0.3) is 0 Å². The van der Waals surface area contributed by atoms with Crippen LogP contribution >= 0.6 is 0 Å². The Kier molecular flexibility index (Phi) is 6.81. The minimum atomic E-state index is -3.59. The Morgan fingerprint density at radius 3 is 2.48 bits per heavy atom. The molecule has 1 N–H and O–H groups in total. The van der Waals surface area contributed by atoms with Crippen LogP contribution in [-0.2, 0) is 21.4 Å². The zero-order valence-electron chi connectivity index (χ0n) is 15.9. The number of hydrogen-bond donors (Lipinski definition) is 1. The largest absolute Gasteiger partial charge is 0.493 e. The quantitative estimate of drug-likeness (QED) is 0.742. The summed E-state index contributed by atoms with van der Waals surface area (Å²) in [5.74, 6) is 0.647. The first-order valence-electron chi connectivity index (χ1n) is 8.30. The van der Waals surface area contributed by atoms with Crippen molar-refractivity contribution in [1.29, 1.82) is 0 Å². The lowest BCUT2D eigenvalue weighted by Crippen LogP contribution is -2.30. The molecule has 27 heavy (non-hydrogen) atoms. The molecule has 8 heteroatoms. The van der Waals surface area contributed by atoms with Gasteiger partial charge >= 0.3 is 0 Å². The van der Waals surface area contributed by atoms with E-state index >= 15 is 0 Å². The standard InChI is InChI=1S/C19H24N2O5S/c1-14-9-10-16(17(11-14)25-4)26-13-19(22)20-12-15-7-5-6-8-18(15)27(23,24)21(2)3/h5-11H,12-13H2,1-4H3,(H,20,22). The number of benzene rings is 2. The Labute approximate surface area is 160 Å². The molecule has 2 aromatic rings. The summed E-state index contributed by atoms with van der Waals surface area (Å²) in [5.41, 5.74) is 1.52. The van der Waals surface area contributed by atoms with E-state index in [1.165, 1.54) is 27.3 Å². The summed E-state index contributed by atoms with van der Waals surface area (Å²) >= 11 is 0. The van der Waals surface area contributed by atoms with E-state index in [0.717, 1.165) is 9.87 Å². The zero-order chi connectivity index (χ0) is 20.0. The molecular formula is C19H24N2O5S. The molecule has 0 heterocycles. The molecule has 0 bridgehead atoms. The van der Waals surface area contributed by atoms with Gasteiger partial charge in [-0.3, -0.25) is 4.79 Å². The maximum atomic E-state index is 12.4. The van der Waals surface area contributed by atoms with Crippen molar-refractivity contribution >= 4 is 15.9 Å². The summed E-state index contributed by atoms with van der Waals surface area (Å²) in [4.78, 5) is 12.3. The van der Waals surface area contributed by atoms with Gasteiger partial charge in [0.1, 0.15) is 0 Å². The van der Waals surface area contributed by atoms with E-state index in [9.17, 15) is 13.2 Å². The molecule has 0 unspecified atom stereocenters. The average molecular weight is 392 g/mol. The van der Waals surface area contributed by atoms with Crippen LogP contribution in [0.3, 0.4) is 0 Å². The molecule has 7 nitrogen and oxygen atoms in total. The monoisotopic (exact) mass is 392 g/mol. The molecule has 0 saturated heterocycles. The van der Waals surface area contributed by atoms with Crippen molar-refractivity contribution in [1.82, 2.24) is 9.62 Å². The summed E-state index contributed by atoms with van der Waals surface area (Å²) in [6.45, 7) is 1.80. The van der Waals surface area contributed by atoms with Crippen LogP contribution in [0.5, 0.6) is 11.5 Å². The third-order valence-corrected chi connectivity index (χ3v) is 5.80. The van der Waals surface area contributed by atoms with E-state index < -0.39 is 10.0 Å². The van der Waals surface area contributed by atoms with Crippen LogP contribution in [0.1, 0.15) is 11.1 Å². The van der Waals surface area contributed by atoms with E-state index in [1.54, 1.807) is 24.3 Å². The van der Waals surface area contributed by atoms with Crippen molar-refractivity contribution in [3.05, 3.63) is 53.6 Å². The topological polar surface area (TPSA) is 84.9 Å². The van der Waals surface area contributed by atoms with Crippen LogP contribution in [0.2, 0.25) is 0 Å². The number of hydrogen-bond acceptors (Lipinski definition) is 5. The molecule has 1 amide bonds. The summed E-state index contributed by atoms with van der Waals surface area (Å²) in [7, 11) is 0.874. The normalized spacial score (nSPS) is 11.3. The van der Waals surface area contributed by atoms with Gasteiger partial charge in [-0.15, -0.1) is 0 Å². The van der Waals surface area contributed by atoms with Gasteiger partial charge in [0.25, 0.3) is 5.91 Å². The molecule has 0 aliphatic heterocycles. The number of aryl methyl sites for hydroxylation is 1. The second-order valence-electron chi connectivity index (χ2n) is 6.11. The number of amides is 1. The summed E-state index contributed by atoms with van der Waals surface area (Å²) in [6, 6.07) is 12.0. The molecular weight excluding hydrogens is 368 g/mol. The third kappa shape index (κ3) is 5.21. The van der Waals surface area contributed by atoms with Crippen LogP contribution in [0.15, 0.2) is 47.4 Å². The first-order chi connectivity index (χ1) is 12.8. The Morgan fingerprint density at radius 2 is 1.81 bits per heavy atom. The van der Waals surface area contributed by atoms with Gasteiger partial charge in [0.15, 0.2) is 18.1 Å². The fourth-order valence-electron chi connectivity index (χ4n) is 2.38. The maximum absolute atomic E-state index is 12.4. The van der Waals surface area contributed by atoms with Crippen molar-refractivity contribution in [2.45, 2.75) is 18.4 Å². The van der Waals surface area contributed by atoms with Gasteiger partial charge in [-0.1, -0.05) is 24.3 Å². The van der Waals surface area contributed by atoms with Gasteiger partial charge in [0, 0.05) is 20.6 Å². The van der Waals surface area contributed by atoms with Gasteiger partial charge < -0.3 is 14.8 Å².